The van der Waals surface area contributed by atoms with Crippen LogP contribution in [0.4, 0.5) is 10.5 Å². The first kappa shape index (κ1) is 18.4. The number of fused-ring (bicyclic) bond motifs is 3. The van der Waals surface area contributed by atoms with Gasteiger partial charge in [-0.3, -0.25) is 4.98 Å². The van der Waals surface area contributed by atoms with Crippen LogP contribution in [0.25, 0.3) is 0 Å². The van der Waals surface area contributed by atoms with Crippen LogP contribution < -0.4 is 14.8 Å². The maximum Gasteiger partial charge on any atom is 0.333 e. The van der Waals surface area contributed by atoms with Gasteiger partial charge in [0.15, 0.2) is 4.90 Å². The third-order valence-corrected chi connectivity index (χ3v) is 7.23. The van der Waals surface area contributed by atoms with Crippen molar-refractivity contribution in [1.82, 2.24) is 19.5 Å². The zero-order valence-electron chi connectivity index (χ0n) is 16.2. The monoisotopic (exact) mass is 417 g/mol. The normalized spacial score (nSPS) is 19.8. The summed E-state index contributed by atoms with van der Waals surface area (Å²) in [4.78, 5) is 17.4. The van der Waals surface area contributed by atoms with Gasteiger partial charge < -0.3 is 10.1 Å². The summed E-state index contributed by atoms with van der Waals surface area (Å²) in [5.74, 6) is 0.524. The highest BCUT2D eigenvalue weighted by Gasteiger charge is 2.32. The minimum Gasteiger partial charge on any atom is -0.477 e. The highest BCUT2D eigenvalue weighted by molar-refractivity contribution is 7.90. The molecule has 2 aliphatic carbocycles. The van der Waals surface area contributed by atoms with Crippen molar-refractivity contribution in [3.63, 3.8) is 0 Å². The number of aryl methyl sites for hydroxylation is 2. The molecule has 0 aromatic carbocycles. The van der Waals surface area contributed by atoms with Crippen molar-refractivity contribution in [2.75, 3.05) is 11.9 Å². The van der Waals surface area contributed by atoms with E-state index >= 15 is 0 Å². The fourth-order valence-electron chi connectivity index (χ4n) is 4.50. The minimum atomic E-state index is -4.10. The Morgan fingerprint density at radius 1 is 1.24 bits per heavy atom. The quantitative estimate of drug-likeness (QED) is 0.790. The number of hydrogen-bond acceptors (Lipinski definition) is 6. The molecule has 1 atom stereocenters. The highest BCUT2D eigenvalue weighted by Crippen LogP contribution is 2.41. The Bertz CT molecular complexity index is 1110. The molecule has 2 N–H and O–H groups in total. The van der Waals surface area contributed by atoms with Crippen LogP contribution in [0.3, 0.4) is 0 Å². The Labute approximate surface area is 168 Å². The van der Waals surface area contributed by atoms with E-state index in [-0.39, 0.29) is 10.8 Å². The predicted molar refractivity (Wildman–Crippen MR) is 105 cm³/mol. The largest absolute Gasteiger partial charge is 0.477 e. The Hall–Kier alpha value is -2.62. The third-order valence-electron chi connectivity index (χ3n) is 5.92. The van der Waals surface area contributed by atoms with Crippen molar-refractivity contribution >= 4 is 21.7 Å². The number of pyridine rings is 1. The van der Waals surface area contributed by atoms with E-state index in [4.69, 9.17) is 9.72 Å². The maximum atomic E-state index is 12.8. The van der Waals surface area contributed by atoms with E-state index in [1.54, 1.807) is 0 Å². The van der Waals surface area contributed by atoms with Gasteiger partial charge in [0.1, 0.15) is 0 Å². The van der Waals surface area contributed by atoms with Crippen LogP contribution in [-0.4, -0.2) is 35.8 Å². The Morgan fingerprint density at radius 2 is 2.10 bits per heavy atom. The number of amides is 2. The second-order valence-corrected chi connectivity index (χ2v) is 9.52. The summed E-state index contributed by atoms with van der Waals surface area (Å²) in [6.07, 6.45) is 6.54. The van der Waals surface area contributed by atoms with E-state index in [9.17, 15) is 13.2 Å². The molecular weight excluding hydrogens is 394 g/mol. The summed E-state index contributed by atoms with van der Waals surface area (Å²) in [5, 5.41) is 6.87. The summed E-state index contributed by atoms with van der Waals surface area (Å²) in [6, 6.07) is -0.775. The topological polar surface area (TPSA) is 115 Å². The van der Waals surface area contributed by atoms with Gasteiger partial charge in [0, 0.05) is 24.4 Å². The summed E-state index contributed by atoms with van der Waals surface area (Å²) in [6.45, 7) is 3.15. The number of carbonyl (C=O) groups excluding carboxylic acids is 1. The Kier molecular flexibility index (Phi) is 4.27. The van der Waals surface area contributed by atoms with E-state index < -0.39 is 16.1 Å². The summed E-state index contributed by atoms with van der Waals surface area (Å²) in [7, 11) is -4.10. The first-order valence-corrected chi connectivity index (χ1v) is 11.5. The maximum absolute atomic E-state index is 12.8. The standard InChI is InChI=1S/C19H23N5O4S/c1-11-6-7-13-16(11)21-14-5-2-4-12(14)17(13)22-19(25)23-29(26,27)15-10-20-24-8-3-9-28-18(15)24/h10-11H,2-9H2,1H3,(H2,21,22,23,25). The second kappa shape index (κ2) is 6.72. The minimum absolute atomic E-state index is 0.119. The average Bonchev–Trinajstić information content (AvgIpc) is 3.40. The molecule has 3 aliphatic rings. The summed E-state index contributed by atoms with van der Waals surface area (Å²) >= 11 is 0. The first-order valence-electron chi connectivity index (χ1n) is 10.0. The van der Waals surface area contributed by atoms with Gasteiger partial charge in [0.25, 0.3) is 10.0 Å². The van der Waals surface area contributed by atoms with E-state index in [1.807, 2.05) is 0 Å². The third kappa shape index (κ3) is 3.06. The molecule has 29 heavy (non-hydrogen) atoms. The molecule has 2 aromatic heterocycles. The molecule has 0 saturated heterocycles. The zero-order chi connectivity index (χ0) is 20.2. The zero-order valence-corrected chi connectivity index (χ0v) is 17.0. The number of aromatic nitrogens is 3. The number of carbonyl (C=O) groups is 1. The van der Waals surface area contributed by atoms with Crippen LogP contribution in [0, 0.1) is 0 Å². The molecule has 0 spiro atoms. The number of ether oxygens (including phenoxy) is 1. The second-order valence-electron chi connectivity index (χ2n) is 7.87. The number of sulfonamides is 1. The molecule has 0 radical (unpaired) electrons. The van der Waals surface area contributed by atoms with Gasteiger partial charge >= 0.3 is 6.03 Å². The highest BCUT2D eigenvalue weighted by atomic mass is 32.2. The van der Waals surface area contributed by atoms with E-state index in [1.165, 1.54) is 10.9 Å². The molecule has 1 unspecified atom stereocenters. The molecule has 10 heteroatoms. The molecule has 5 rings (SSSR count). The molecule has 154 valence electrons. The van der Waals surface area contributed by atoms with Gasteiger partial charge in [-0.1, -0.05) is 6.92 Å². The van der Waals surface area contributed by atoms with Gasteiger partial charge in [-0.25, -0.2) is 22.6 Å². The fraction of sp³-hybridized carbons (Fsp3) is 0.526. The molecule has 1 aliphatic heterocycles. The number of nitrogens with one attached hydrogen (secondary N) is 2. The van der Waals surface area contributed by atoms with Crippen LogP contribution in [0.1, 0.15) is 54.6 Å². The van der Waals surface area contributed by atoms with Crippen LogP contribution in [0.2, 0.25) is 0 Å². The van der Waals surface area contributed by atoms with E-state index in [2.05, 4.69) is 22.1 Å². The van der Waals surface area contributed by atoms with Crippen molar-refractivity contribution in [3.8, 4) is 5.88 Å². The van der Waals surface area contributed by atoms with Crippen molar-refractivity contribution in [2.24, 2.45) is 0 Å². The molecule has 2 aromatic rings. The number of nitrogens with zero attached hydrogens (tertiary/aromatic N) is 3. The van der Waals surface area contributed by atoms with Gasteiger partial charge in [-0.05, 0) is 49.1 Å². The number of anilines is 1. The average molecular weight is 417 g/mol. The lowest BCUT2D eigenvalue weighted by molar-refractivity contribution is 0.224. The molecule has 0 saturated carbocycles. The molecule has 3 heterocycles. The summed E-state index contributed by atoms with van der Waals surface area (Å²) < 4.78 is 34.6. The lowest BCUT2D eigenvalue weighted by Crippen LogP contribution is -2.35. The Morgan fingerprint density at radius 3 is 2.97 bits per heavy atom. The molecule has 0 fully saturated rings. The van der Waals surface area contributed by atoms with E-state index in [0.29, 0.717) is 19.1 Å². The Balaban J connectivity index is 1.42. The van der Waals surface area contributed by atoms with Gasteiger partial charge in [0.2, 0.25) is 5.88 Å². The lowest BCUT2D eigenvalue weighted by Gasteiger charge is -2.17. The predicted octanol–water partition coefficient (Wildman–Crippen LogP) is 2.11. The van der Waals surface area contributed by atoms with Crippen LogP contribution >= 0.6 is 0 Å². The SMILES string of the molecule is CC1CCc2c1nc1c(c2NC(=O)NS(=O)(=O)c2cnn3c2OCCC3)CCC1. The van der Waals surface area contributed by atoms with Gasteiger partial charge in [-0.2, -0.15) is 5.10 Å². The molecular formula is C19H23N5O4S. The molecule has 2 amide bonds. The lowest BCUT2D eigenvalue weighted by atomic mass is 10.0. The molecule has 0 bridgehead atoms. The molecule has 9 nitrogen and oxygen atoms in total. The smallest absolute Gasteiger partial charge is 0.333 e. The van der Waals surface area contributed by atoms with Gasteiger partial charge in [0.05, 0.1) is 18.5 Å². The van der Waals surface area contributed by atoms with Crippen LogP contribution in [0.15, 0.2) is 11.1 Å². The van der Waals surface area contributed by atoms with Crippen molar-refractivity contribution in [1.29, 1.82) is 0 Å². The number of hydrogen-bond donors (Lipinski definition) is 2. The summed E-state index contributed by atoms with van der Waals surface area (Å²) in [5.41, 5.74) is 4.87. The fourth-order valence-corrected chi connectivity index (χ4v) is 5.48. The van der Waals surface area contributed by atoms with Crippen molar-refractivity contribution < 1.29 is 17.9 Å². The van der Waals surface area contributed by atoms with Gasteiger partial charge in [-0.15, -0.1) is 0 Å². The number of urea groups is 1. The van der Waals surface area contributed by atoms with E-state index in [0.717, 1.165) is 66.7 Å². The van der Waals surface area contributed by atoms with Crippen LogP contribution in [-0.2, 0) is 35.8 Å². The number of rotatable bonds is 3. The van der Waals surface area contributed by atoms with Crippen LogP contribution in [0.5, 0.6) is 5.88 Å². The van der Waals surface area contributed by atoms with Crippen molar-refractivity contribution in [2.45, 2.75) is 62.8 Å². The first-order chi connectivity index (χ1) is 13.9. The van der Waals surface area contributed by atoms with Crippen molar-refractivity contribution in [3.05, 3.63) is 28.7 Å².